The third-order valence-electron chi connectivity index (χ3n) is 4.73. The van der Waals surface area contributed by atoms with Crippen LogP contribution in [-0.4, -0.2) is 39.4 Å². The molecule has 156 valence electrons. The summed E-state index contributed by atoms with van der Waals surface area (Å²) in [6.45, 7) is 0. The number of nitrogens with zero attached hydrogens (tertiary/aromatic N) is 1. The number of nitrogens with one attached hydrogen (secondary N) is 1. The first-order chi connectivity index (χ1) is 14.6. The fraction of sp³-hybridized carbons (Fsp3) is 0.238. The van der Waals surface area contributed by atoms with Gasteiger partial charge in [0.2, 0.25) is 6.23 Å². The fourth-order valence-corrected chi connectivity index (χ4v) is 4.03. The maximum Gasteiger partial charge on any atom is 0.344 e. The summed E-state index contributed by atoms with van der Waals surface area (Å²) in [4.78, 5) is 17.0. The summed E-state index contributed by atoms with van der Waals surface area (Å²) in [6, 6.07) is 9.12. The van der Waals surface area contributed by atoms with E-state index >= 15 is 0 Å². The molecule has 0 saturated carbocycles. The lowest BCUT2D eigenvalue weighted by atomic mass is 10.1. The van der Waals surface area contributed by atoms with E-state index in [0.717, 1.165) is 11.3 Å². The van der Waals surface area contributed by atoms with Crippen LogP contribution in [0.15, 0.2) is 35.7 Å². The normalized spacial score (nSPS) is 14.7. The second kappa shape index (κ2) is 8.11. The second-order valence-electron chi connectivity index (χ2n) is 6.30. The first-order valence-corrected chi connectivity index (χ1v) is 9.87. The number of thiazole rings is 1. The Kier molecular flexibility index (Phi) is 5.37. The number of benzene rings is 2. The van der Waals surface area contributed by atoms with E-state index in [0.29, 0.717) is 39.3 Å². The van der Waals surface area contributed by atoms with Gasteiger partial charge in [-0.25, -0.2) is 9.78 Å². The number of esters is 1. The summed E-state index contributed by atoms with van der Waals surface area (Å²) >= 11 is 1.41. The molecule has 0 radical (unpaired) electrons. The Morgan fingerprint density at radius 3 is 2.40 bits per heavy atom. The lowest BCUT2D eigenvalue weighted by molar-refractivity contribution is 0.0435. The fourth-order valence-electron chi connectivity index (χ4n) is 3.29. The van der Waals surface area contributed by atoms with E-state index < -0.39 is 12.2 Å². The standard InChI is InChI=1S/C21H20N2O6S/c1-25-14-7-5-11(9-16(14)27-3)13-10-30-21(22-13)23-19-12-6-8-15(26-2)18(28-4)17(12)20(24)29-19/h5-10,19H,1-4H3,(H,22,23)/t19-/m0/s1. The number of rotatable bonds is 7. The monoisotopic (exact) mass is 428 g/mol. The van der Waals surface area contributed by atoms with Crippen molar-refractivity contribution >= 4 is 22.4 Å². The van der Waals surface area contributed by atoms with E-state index in [9.17, 15) is 4.79 Å². The molecule has 0 saturated heterocycles. The molecule has 9 heteroatoms. The lowest BCUT2D eigenvalue weighted by Gasteiger charge is -2.13. The minimum Gasteiger partial charge on any atom is -0.493 e. The van der Waals surface area contributed by atoms with Crippen LogP contribution in [0, 0.1) is 0 Å². The molecule has 2 aromatic carbocycles. The Morgan fingerprint density at radius 2 is 1.70 bits per heavy atom. The second-order valence-corrected chi connectivity index (χ2v) is 7.16. The molecule has 0 spiro atoms. The van der Waals surface area contributed by atoms with Crippen LogP contribution >= 0.6 is 11.3 Å². The molecule has 0 unspecified atom stereocenters. The Hall–Kier alpha value is -3.46. The summed E-state index contributed by atoms with van der Waals surface area (Å²) in [5, 5.41) is 5.69. The van der Waals surface area contributed by atoms with Crippen molar-refractivity contribution in [1.29, 1.82) is 0 Å². The van der Waals surface area contributed by atoms with Crippen LogP contribution in [0.3, 0.4) is 0 Å². The van der Waals surface area contributed by atoms with Gasteiger partial charge < -0.3 is 29.0 Å². The number of carbonyl (C=O) groups is 1. The van der Waals surface area contributed by atoms with E-state index in [-0.39, 0.29) is 0 Å². The first-order valence-electron chi connectivity index (χ1n) is 9.00. The molecule has 1 atom stereocenters. The summed E-state index contributed by atoms with van der Waals surface area (Å²) in [6.07, 6.45) is -0.670. The average Bonchev–Trinajstić information content (AvgIpc) is 3.37. The largest absolute Gasteiger partial charge is 0.493 e. The van der Waals surface area contributed by atoms with Gasteiger partial charge in [-0.3, -0.25) is 0 Å². The first kappa shape index (κ1) is 19.8. The highest BCUT2D eigenvalue weighted by molar-refractivity contribution is 7.14. The predicted molar refractivity (Wildman–Crippen MR) is 112 cm³/mol. The molecular formula is C21H20N2O6S. The maximum absolute atomic E-state index is 12.4. The van der Waals surface area contributed by atoms with Gasteiger partial charge in [-0.2, -0.15) is 0 Å². The zero-order chi connectivity index (χ0) is 21.3. The lowest BCUT2D eigenvalue weighted by Crippen LogP contribution is -2.10. The molecule has 30 heavy (non-hydrogen) atoms. The Balaban J connectivity index is 1.60. The van der Waals surface area contributed by atoms with Gasteiger partial charge in [-0.15, -0.1) is 11.3 Å². The zero-order valence-electron chi connectivity index (χ0n) is 16.8. The molecule has 2 heterocycles. The molecule has 0 aliphatic carbocycles. The number of methoxy groups -OCH3 is 4. The van der Waals surface area contributed by atoms with Crippen molar-refractivity contribution in [2.75, 3.05) is 33.8 Å². The summed E-state index contributed by atoms with van der Waals surface area (Å²) in [5.74, 6) is 1.62. The summed E-state index contributed by atoms with van der Waals surface area (Å²) in [5.41, 5.74) is 2.67. The van der Waals surface area contributed by atoms with Crippen molar-refractivity contribution in [2.45, 2.75) is 6.23 Å². The number of ether oxygens (including phenoxy) is 5. The van der Waals surface area contributed by atoms with E-state index in [4.69, 9.17) is 23.7 Å². The topological polar surface area (TPSA) is 88.1 Å². The highest BCUT2D eigenvalue weighted by atomic mass is 32.1. The quantitative estimate of drug-likeness (QED) is 0.562. The molecule has 1 N–H and O–H groups in total. The van der Waals surface area contributed by atoms with Gasteiger partial charge in [-0.05, 0) is 30.3 Å². The molecule has 1 aliphatic rings. The predicted octanol–water partition coefficient (Wildman–Crippen LogP) is 4.13. The number of fused-ring (bicyclic) bond motifs is 1. The minimum atomic E-state index is -0.670. The molecule has 0 bridgehead atoms. The summed E-state index contributed by atoms with van der Waals surface area (Å²) in [7, 11) is 6.19. The van der Waals surface area contributed by atoms with Crippen LogP contribution in [0.5, 0.6) is 23.0 Å². The van der Waals surface area contributed by atoms with Crippen LogP contribution in [0.2, 0.25) is 0 Å². The highest BCUT2D eigenvalue weighted by Gasteiger charge is 2.36. The highest BCUT2D eigenvalue weighted by Crippen LogP contribution is 2.42. The van der Waals surface area contributed by atoms with Gasteiger partial charge in [0.15, 0.2) is 28.1 Å². The van der Waals surface area contributed by atoms with Gasteiger partial charge in [-0.1, -0.05) is 0 Å². The van der Waals surface area contributed by atoms with Gasteiger partial charge in [0.25, 0.3) is 0 Å². The third kappa shape index (κ3) is 3.37. The zero-order valence-corrected chi connectivity index (χ0v) is 17.7. The van der Waals surface area contributed by atoms with Crippen LogP contribution in [0.4, 0.5) is 5.13 Å². The Labute approximate surface area is 177 Å². The Bertz CT molecular complexity index is 1100. The number of cyclic esters (lactones) is 1. The number of hydrogen-bond donors (Lipinski definition) is 1. The van der Waals surface area contributed by atoms with Gasteiger partial charge in [0, 0.05) is 16.5 Å². The van der Waals surface area contributed by atoms with Crippen LogP contribution < -0.4 is 24.3 Å². The molecular weight excluding hydrogens is 408 g/mol. The number of hydrogen-bond acceptors (Lipinski definition) is 9. The molecule has 4 rings (SSSR count). The number of aromatic nitrogens is 1. The molecule has 0 fully saturated rings. The van der Waals surface area contributed by atoms with Crippen LogP contribution in [0.1, 0.15) is 22.1 Å². The van der Waals surface area contributed by atoms with Gasteiger partial charge in [0.1, 0.15) is 5.56 Å². The van der Waals surface area contributed by atoms with E-state index in [2.05, 4.69) is 10.3 Å². The van der Waals surface area contributed by atoms with Crippen LogP contribution in [-0.2, 0) is 4.74 Å². The van der Waals surface area contributed by atoms with Crippen molar-refractivity contribution in [3.05, 3.63) is 46.8 Å². The smallest absolute Gasteiger partial charge is 0.344 e. The maximum atomic E-state index is 12.4. The van der Waals surface area contributed by atoms with Crippen LogP contribution in [0.25, 0.3) is 11.3 Å². The van der Waals surface area contributed by atoms with E-state index in [1.54, 1.807) is 26.4 Å². The van der Waals surface area contributed by atoms with Gasteiger partial charge in [0.05, 0.1) is 34.1 Å². The molecule has 1 aromatic heterocycles. The molecule has 0 amide bonds. The van der Waals surface area contributed by atoms with Crippen molar-refractivity contribution in [1.82, 2.24) is 4.98 Å². The molecule has 3 aromatic rings. The minimum absolute atomic E-state index is 0.353. The molecule has 1 aliphatic heterocycles. The van der Waals surface area contributed by atoms with E-state index in [1.165, 1.54) is 25.6 Å². The van der Waals surface area contributed by atoms with Crippen molar-refractivity contribution in [3.63, 3.8) is 0 Å². The number of carbonyl (C=O) groups excluding carboxylic acids is 1. The summed E-state index contributed by atoms with van der Waals surface area (Å²) < 4.78 is 26.8. The molecule has 8 nitrogen and oxygen atoms in total. The third-order valence-corrected chi connectivity index (χ3v) is 5.50. The average molecular weight is 428 g/mol. The van der Waals surface area contributed by atoms with E-state index in [1.807, 2.05) is 23.6 Å². The van der Waals surface area contributed by atoms with Gasteiger partial charge >= 0.3 is 5.97 Å². The van der Waals surface area contributed by atoms with Crippen molar-refractivity contribution < 1.29 is 28.5 Å². The van der Waals surface area contributed by atoms with Crippen molar-refractivity contribution in [3.8, 4) is 34.3 Å². The van der Waals surface area contributed by atoms with Crippen molar-refractivity contribution in [2.24, 2.45) is 0 Å². The number of anilines is 1. The SMILES string of the molecule is COc1ccc(-c2csc(N[C@H]3OC(=O)c4c3ccc(OC)c4OC)n2)cc1OC. The Morgan fingerprint density at radius 1 is 0.967 bits per heavy atom.